The zero-order valence-electron chi connectivity index (χ0n) is 33.5. The van der Waals surface area contributed by atoms with Crippen LogP contribution in [0.3, 0.4) is 0 Å². The van der Waals surface area contributed by atoms with E-state index in [1.165, 1.54) is 77.3 Å². The van der Waals surface area contributed by atoms with Crippen molar-refractivity contribution in [2.45, 2.75) is 5.41 Å². The summed E-state index contributed by atoms with van der Waals surface area (Å²) in [6.07, 6.45) is 0. The van der Waals surface area contributed by atoms with E-state index in [0.29, 0.717) is 0 Å². The Morgan fingerprint density at radius 1 is 0.328 bits per heavy atom. The average Bonchev–Trinajstić information content (AvgIpc) is 3.82. The Labute approximate surface area is 355 Å². The van der Waals surface area contributed by atoms with E-state index in [1.807, 2.05) is 0 Å². The van der Waals surface area contributed by atoms with E-state index in [2.05, 4.69) is 252 Å². The number of aromatic nitrogens is 1. The third-order valence-electron chi connectivity index (χ3n) is 12.9. The van der Waals surface area contributed by atoms with Crippen molar-refractivity contribution in [3.05, 3.63) is 265 Å². The molecule has 0 amide bonds. The van der Waals surface area contributed by atoms with Gasteiger partial charge in [0.15, 0.2) is 0 Å². The first kappa shape index (κ1) is 35.0. The number of para-hydroxylation sites is 1. The van der Waals surface area contributed by atoms with Crippen molar-refractivity contribution in [2.75, 3.05) is 4.90 Å². The molecular weight excluding hydrogens is 737 g/mol. The predicted molar refractivity (Wildman–Crippen MR) is 256 cm³/mol. The van der Waals surface area contributed by atoms with Crippen LogP contribution in [0, 0.1) is 0 Å². The largest absolute Gasteiger partial charge is 0.310 e. The number of rotatable bonds is 7. The maximum absolute atomic E-state index is 2.46. The first-order chi connectivity index (χ1) is 30.3. The highest BCUT2D eigenvalue weighted by Crippen LogP contribution is 2.57. The standard InChI is InChI=1S/C59H40N2/c1-4-17-41(18-5-1)42-31-33-46(34-32-42)60(48-36-38-53-52-27-13-15-29-57(52)61(58(53)40-48)56-30-16-20-43-19-10-11-25-49(43)56)47-35-37-51-50-26-12-14-28-54(50)59(55(51)39-47,44-21-6-2-7-22-44)45-23-8-3-9-24-45/h1-40H. The molecule has 0 N–H and O–H groups in total. The third kappa shape index (κ3) is 5.43. The fraction of sp³-hybridized carbons (Fsp3) is 0.0169. The maximum atomic E-state index is 2.46. The molecular formula is C59H40N2. The molecule has 61 heavy (non-hydrogen) atoms. The molecule has 0 saturated heterocycles. The van der Waals surface area contributed by atoms with Crippen LogP contribution in [0.4, 0.5) is 17.1 Å². The third-order valence-corrected chi connectivity index (χ3v) is 12.9. The van der Waals surface area contributed by atoms with Gasteiger partial charge in [-0.25, -0.2) is 0 Å². The second kappa shape index (κ2) is 14.1. The van der Waals surface area contributed by atoms with Crippen LogP contribution < -0.4 is 4.90 Å². The van der Waals surface area contributed by atoms with Crippen LogP contribution in [0.5, 0.6) is 0 Å². The van der Waals surface area contributed by atoms with Gasteiger partial charge in [0.1, 0.15) is 0 Å². The van der Waals surface area contributed by atoms with Crippen molar-refractivity contribution in [1.82, 2.24) is 4.57 Å². The van der Waals surface area contributed by atoms with Gasteiger partial charge in [-0.1, -0.05) is 194 Å². The highest BCUT2D eigenvalue weighted by molar-refractivity contribution is 6.11. The van der Waals surface area contributed by atoms with Gasteiger partial charge in [0.25, 0.3) is 0 Å². The number of hydrogen-bond donors (Lipinski definition) is 0. The van der Waals surface area contributed by atoms with Gasteiger partial charge in [-0.15, -0.1) is 0 Å². The van der Waals surface area contributed by atoms with Crippen molar-refractivity contribution >= 4 is 49.6 Å². The van der Waals surface area contributed by atoms with Gasteiger partial charge in [0.2, 0.25) is 0 Å². The van der Waals surface area contributed by atoms with Gasteiger partial charge in [0.05, 0.1) is 22.1 Å². The molecule has 286 valence electrons. The fourth-order valence-corrected chi connectivity index (χ4v) is 10.2. The van der Waals surface area contributed by atoms with Crippen molar-refractivity contribution in [1.29, 1.82) is 0 Å². The highest BCUT2D eigenvalue weighted by Gasteiger charge is 2.46. The lowest BCUT2D eigenvalue weighted by molar-refractivity contribution is 0.768. The van der Waals surface area contributed by atoms with E-state index in [9.17, 15) is 0 Å². The van der Waals surface area contributed by atoms with Gasteiger partial charge < -0.3 is 9.47 Å². The predicted octanol–water partition coefficient (Wildman–Crippen LogP) is 15.4. The summed E-state index contributed by atoms with van der Waals surface area (Å²) >= 11 is 0. The molecule has 1 aliphatic rings. The Morgan fingerprint density at radius 2 is 0.869 bits per heavy atom. The van der Waals surface area contributed by atoms with Crippen LogP contribution in [0.2, 0.25) is 0 Å². The molecule has 1 aromatic heterocycles. The topological polar surface area (TPSA) is 8.17 Å². The lowest BCUT2D eigenvalue weighted by Gasteiger charge is -2.35. The molecule has 0 spiro atoms. The molecule has 0 fully saturated rings. The molecule has 1 heterocycles. The first-order valence-corrected chi connectivity index (χ1v) is 21.1. The summed E-state index contributed by atoms with van der Waals surface area (Å²) < 4.78 is 2.46. The van der Waals surface area contributed by atoms with Crippen LogP contribution in [0.15, 0.2) is 243 Å². The number of nitrogens with zero attached hydrogens (tertiary/aromatic N) is 2. The molecule has 0 unspecified atom stereocenters. The molecule has 0 atom stereocenters. The molecule has 10 aromatic carbocycles. The summed E-state index contributed by atoms with van der Waals surface area (Å²) in [5, 5.41) is 4.91. The molecule has 2 nitrogen and oxygen atoms in total. The lowest BCUT2D eigenvalue weighted by Crippen LogP contribution is -2.28. The Morgan fingerprint density at radius 3 is 1.64 bits per heavy atom. The summed E-state index contributed by atoms with van der Waals surface area (Å²) in [4.78, 5) is 2.45. The van der Waals surface area contributed by atoms with Crippen molar-refractivity contribution in [2.24, 2.45) is 0 Å². The second-order valence-corrected chi connectivity index (χ2v) is 16.1. The average molecular weight is 777 g/mol. The molecule has 0 saturated carbocycles. The molecule has 11 aromatic rings. The van der Waals surface area contributed by atoms with Crippen LogP contribution in [0.1, 0.15) is 22.3 Å². The van der Waals surface area contributed by atoms with Gasteiger partial charge in [0, 0.05) is 33.2 Å². The Hall–Kier alpha value is -7.94. The Balaban J connectivity index is 1.13. The molecule has 12 rings (SSSR count). The normalized spacial score (nSPS) is 12.7. The van der Waals surface area contributed by atoms with E-state index in [0.717, 1.165) is 22.6 Å². The molecule has 1 aliphatic carbocycles. The minimum atomic E-state index is -0.516. The van der Waals surface area contributed by atoms with E-state index >= 15 is 0 Å². The zero-order valence-corrected chi connectivity index (χ0v) is 33.5. The summed E-state index contributed by atoms with van der Waals surface area (Å²) in [5.41, 5.74) is 16.3. The van der Waals surface area contributed by atoms with E-state index in [-0.39, 0.29) is 0 Å². The quantitative estimate of drug-likeness (QED) is 0.156. The lowest BCUT2D eigenvalue weighted by atomic mass is 9.67. The van der Waals surface area contributed by atoms with Gasteiger partial charge in [-0.05, 0) is 98.4 Å². The Kier molecular flexibility index (Phi) is 8.11. The number of anilines is 3. The summed E-state index contributed by atoms with van der Waals surface area (Å²) in [6, 6.07) is 89.1. The fourth-order valence-electron chi connectivity index (χ4n) is 10.2. The number of hydrogen-bond acceptors (Lipinski definition) is 1. The minimum Gasteiger partial charge on any atom is -0.310 e. The van der Waals surface area contributed by atoms with Gasteiger partial charge >= 0.3 is 0 Å². The summed E-state index contributed by atoms with van der Waals surface area (Å²) in [7, 11) is 0. The zero-order chi connectivity index (χ0) is 40.3. The number of fused-ring (bicyclic) bond motifs is 7. The first-order valence-electron chi connectivity index (χ1n) is 21.1. The summed E-state index contributed by atoms with van der Waals surface area (Å²) in [6.45, 7) is 0. The number of benzene rings is 10. The van der Waals surface area contributed by atoms with Crippen LogP contribution in [-0.4, -0.2) is 4.57 Å². The highest BCUT2D eigenvalue weighted by atomic mass is 15.1. The summed E-state index contributed by atoms with van der Waals surface area (Å²) in [5.74, 6) is 0. The molecule has 2 heteroatoms. The van der Waals surface area contributed by atoms with Crippen LogP contribution in [0.25, 0.3) is 60.5 Å². The minimum absolute atomic E-state index is 0.516. The monoisotopic (exact) mass is 776 g/mol. The SMILES string of the molecule is c1ccc(-c2ccc(N(c3ccc4c(c3)C(c3ccccc3)(c3ccccc3)c3ccccc3-4)c3ccc4c5ccccc5n(-c5cccc6ccccc56)c4c3)cc2)cc1. The maximum Gasteiger partial charge on any atom is 0.0714 e. The molecule has 0 radical (unpaired) electrons. The van der Waals surface area contributed by atoms with Crippen molar-refractivity contribution < 1.29 is 0 Å². The van der Waals surface area contributed by atoms with Gasteiger partial charge in [-0.2, -0.15) is 0 Å². The van der Waals surface area contributed by atoms with E-state index < -0.39 is 5.41 Å². The van der Waals surface area contributed by atoms with Crippen molar-refractivity contribution in [3.8, 4) is 27.9 Å². The van der Waals surface area contributed by atoms with Crippen LogP contribution >= 0.6 is 0 Å². The van der Waals surface area contributed by atoms with Crippen molar-refractivity contribution in [3.63, 3.8) is 0 Å². The van der Waals surface area contributed by atoms with E-state index in [1.54, 1.807) is 0 Å². The molecule has 0 bridgehead atoms. The smallest absolute Gasteiger partial charge is 0.0714 e. The Bertz CT molecular complexity index is 3360. The molecule has 0 aliphatic heterocycles. The second-order valence-electron chi connectivity index (χ2n) is 16.1. The van der Waals surface area contributed by atoms with Gasteiger partial charge in [-0.3, -0.25) is 0 Å². The van der Waals surface area contributed by atoms with E-state index in [4.69, 9.17) is 0 Å². The van der Waals surface area contributed by atoms with Crippen LogP contribution in [-0.2, 0) is 5.41 Å².